The standard InChI is InChI=1S/C19H25N5O3/c1-13(2)20-19(27-5)18-22-21-17-12-23(8-9-24(17)18)11-14-6-7-15(25-3)10-16(14)26-4/h6-7,10H,1,8-9,11-12H2,2-5H3. The Morgan fingerprint density at radius 2 is 2.00 bits per heavy atom. The molecule has 0 atom stereocenters. The van der Waals surface area contributed by atoms with E-state index in [0.717, 1.165) is 42.5 Å². The molecule has 1 aromatic carbocycles. The van der Waals surface area contributed by atoms with Gasteiger partial charge in [0, 0.05) is 37.0 Å². The van der Waals surface area contributed by atoms with Crippen LogP contribution in [0.5, 0.6) is 11.5 Å². The van der Waals surface area contributed by atoms with E-state index in [0.29, 0.717) is 24.0 Å². The maximum Gasteiger partial charge on any atom is 0.259 e. The molecule has 0 saturated carbocycles. The van der Waals surface area contributed by atoms with Crippen molar-refractivity contribution in [2.75, 3.05) is 27.9 Å². The predicted molar refractivity (Wildman–Crippen MR) is 102 cm³/mol. The van der Waals surface area contributed by atoms with Crippen LogP contribution in [0.15, 0.2) is 35.5 Å². The third-order valence-electron chi connectivity index (χ3n) is 4.40. The molecule has 8 heteroatoms. The highest BCUT2D eigenvalue weighted by molar-refractivity contribution is 5.91. The topological polar surface area (TPSA) is 74.0 Å². The minimum Gasteiger partial charge on any atom is -0.497 e. The number of aliphatic imine (C=N–C) groups is 1. The van der Waals surface area contributed by atoms with Crippen LogP contribution >= 0.6 is 0 Å². The lowest BCUT2D eigenvalue weighted by molar-refractivity contribution is 0.205. The van der Waals surface area contributed by atoms with Crippen molar-refractivity contribution in [1.82, 2.24) is 19.7 Å². The highest BCUT2D eigenvalue weighted by atomic mass is 16.5. The highest BCUT2D eigenvalue weighted by Crippen LogP contribution is 2.27. The molecule has 0 bridgehead atoms. The maximum atomic E-state index is 5.51. The molecule has 0 unspecified atom stereocenters. The van der Waals surface area contributed by atoms with Crippen molar-refractivity contribution in [2.45, 2.75) is 26.6 Å². The van der Waals surface area contributed by atoms with Crippen molar-refractivity contribution < 1.29 is 14.2 Å². The minimum absolute atomic E-state index is 0.437. The first-order valence-corrected chi connectivity index (χ1v) is 8.69. The van der Waals surface area contributed by atoms with E-state index in [1.807, 2.05) is 29.7 Å². The van der Waals surface area contributed by atoms with Crippen molar-refractivity contribution in [3.05, 3.63) is 47.7 Å². The van der Waals surface area contributed by atoms with Gasteiger partial charge < -0.3 is 18.8 Å². The van der Waals surface area contributed by atoms with E-state index in [9.17, 15) is 0 Å². The second kappa shape index (κ2) is 8.22. The van der Waals surface area contributed by atoms with Crippen LogP contribution in [0.2, 0.25) is 0 Å². The molecule has 0 N–H and O–H groups in total. The van der Waals surface area contributed by atoms with Crippen LogP contribution in [0.25, 0.3) is 0 Å². The summed E-state index contributed by atoms with van der Waals surface area (Å²) < 4.78 is 18.2. The number of aromatic nitrogens is 3. The Morgan fingerprint density at radius 1 is 1.19 bits per heavy atom. The lowest BCUT2D eigenvalue weighted by Crippen LogP contribution is -2.34. The molecule has 3 rings (SSSR count). The van der Waals surface area contributed by atoms with Gasteiger partial charge in [0.2, 0.25) is 5.82 Å². The molecular weight excluding hydrogens is 346 g/mol. The number of fused-ring (bicyclic) bond motifs is 1. The van der Waals surface area contributed by atoms with Crippen LogP contribution in [-0.2, 0) is 24.4 Å². The zero-order valence-electron chi connectivity index (χ0n) is 16.2. The van der Waals surface area contributed by atoms with E-state index in [1.54, 1.807) is 21.3 Å². The average Bonchev–Trinajstić information content (AvgIpc) is 3.09. The maximum absolute atomic E-state index is 5.51. The van der Waals surface area contributed by atoms with Crippen LogP contribution < -0.4 is 9.47 Å². The molecule has 0 fully saturated rings. The van der Waals surface area contributed by atoms with Gasteiger partial charge in [-0.15, -0.1) is 10.2 Å². The minimum atomic E-state index is 0.437. The monoisotopic (exact) mass is 371 g/mol. The second-order valence-electron chi connectivity index (χ2n) is 6.34. The summed E-state index contributed by atoms with van der Waals surface area (Å²) >= 11 is 0. The first kappa shape index (κ1) is 18.9. The van der Waals surface area contributed by atoms with Gasteiger partial charge in [0.05, 0.1) is 27.9 Å². The quantitative estimate of drug-likeness (QED) is 0.573. The third-order valence-corrected chi connectivity index (χ3v) is 4.40. The van der Waals surface area contributed by atoms with Crippen molar-refractivity contribution in [3.8, 4) is 11.5 Å². The fourth-order valence-corrected chi connectivity index (χ4v) is 3.08. The molecule has 0 radical (unpaired) electrons. The molecule has 8 nitrogen and oxygen atoms in total. The summed E-state index contributed by atoms with van der Waals surface area (Å²) in [6, 6.07) is 5.88. The van der Waals surface area contributed by atoms with Gasteiger partial charge in [-0.3, -0.25) is 4.90 Å². The molecule has 27 heavy (non-hydrogen) atoms. The van der Waals surface area contributed by atoms with Crippen LogP contribution in [0, 0.1) is 0 Å². The Bertz CT molecular complexity index is 859. The number of rotatable bonds is 6. The largest absolute Gasteiger partial charge is 0.497 e. The van der Waals surface area contributed by atoms with Gasteiger partial charge in [-0.25, -0.2) is 4.99 Å². The van der Waals surface area contributed by atoms with E-state index >= 15 is 0 Å². The van der Waals surface area contributed by atoms with Gasteiger partial charge in [0.25, 0.3) is 5.90 Å². The molecule has 144 valence electrons. The molecule has 1 aliphatic heterocycles. The lowest BCUT2D eigenvalue weighted by Gasteiger charge is -2.28. The van der Waals surface area contributed by atoms with E-state index < -0.39 is 0 Å². The predicted octanol–water partition coefficient (Wildman–Crippen LogP) is 2.24. The molecule has 0 aliphatic carbocycles. The number of hydrogen-bond donors (Lipinski definition) is 0. The summed E-state index contributed by atoms with van der Waals surface area (Å²) in [5, 5.41) is 8.59. The highest BCUT2D eigenvalue weighted by Gasteiger charge is 2.24. The fourth-order valence-electron chi connectivity index (χ4n) is 3.08. The van der Waals surface area contributed by atoms with Gasteiger partial charge in [0.1, 0.15) is 17.3 Å². The molecule has 0 saturated heterocycles. The van der Waals surface area contributed by atoms with Crippen molar-refractivity contribution in [1.29, 1.82) is 0 Å². The molecule has 2 aromatic rings. The van der Waals surface area contributed by atoms with E-state index in [2.05, 4.69) is 26.7 Å². The Kier molecular flexibility index (Phi) is 5.75. The van der Waals surface area contributed by atoms with E-state index in [4.69, 9.17) is 14.2 Å². The zero-order chi connectivity index (χ0) is 19.4. The summed E-state index contributed by atoms with van der Waals surface area (Å²) in [6.45, 7) is 8.67. The third kappa shape index (κ3) is 4.11. The number of hydrogen-bond acceptors (Lipinski definition) is 7. The SMILES string of the molecule is C=C(C)N=C(OC)c1nnc2n1CCN(Cc1ccc(OC)cc1OC)C2. The number of nitrogens with zero attached hydrogens (tertiary/aromatic N) is 5. The van der Waals surface area contributed by atoms with Crippen LogP contribution in [0.3, 0.4) is 0 Å². The summed E-state index contributed by atoms with van der Waals surface area (Å²) in [6.07, 6.45) is 0. The number of benzene rings is 1. The van der Waals surface area contributed by atoms with Crippen molar-refractivity contribution in [3.63, 3.8) is 0 Å². The van der Waals surface area contributed by atoms with Gasteiger partial charge in [-0.2, -0.15) is 0 Å². The summed E-state index contributed by atoms with van der Waals surface area (Å²) in [5.41, 5.74) is 1.76. The molecule has 1 aliphatic rings. The normalized spacial score (nSPS) is 14.6. The Hall–Kier alpha value is -2.87. The van der Waals surface area contributed by atoms with Crippen LogP contribution in [0.1, 0.15) is 24.1 Å². The molecule has 0 amide bonds. The van der Waals surface area contributed by atoms with Gasteiger partial charge in [-0.05, 0) is 13.0 Å². The first-order chi connectivity index (χ1) is 13.0. The number of ether oxygens (including phenoxy) is 3. The van der Waals surface area contributed by atoms with Crippen LogP contribution in [0.4, 0.5) is 0 Å². The summed E-state index contributed by atoms with van der Waals surface area (Å²) in [5.74, 6) is 3.55. The smallest absolute Gasteiger partial charge is 0.259 e. The van der Waals surface area contributed by atoms with Gasteiger partial charge >= 0.3 is 0 Å². The zero-order valence-corrected chi connectivity index (χ0v) is 16.2. The van der Waals surface area contributed by atoms with Gasteiger partial charge in [0.15, 0.2) is 0 Å². The molecular formula is C19H25N5O3. The average molecular weight is 371 g/mol. The van der Waals surface area contributed by atoms with Crippen molar-refractivity contribution in [2.24, 2.45) is 4.99 Å². The summed E-state index contributed by atoms with van der Waals surface area (Å²) in [4.78, 5) is 6.61. The Morgan fingerprint density at radius 3 is 2.67 bits per heavy atom. The van der Waals surface area contributed by atoms with Crippen molar-refractivity contribution >= 4 is 5.90 Å². The number of allylic oxidation sites excluding steroid dienone is 1. The molecule has 0 spiro atoms. The Labute approximate surface area is 159 Å². The van der Waals surface area contributed by atoms with E-state index in [-0.39, 0.29) is 0 Å². The number of methoxy groups -OCH3 is 3. The molecule has 1 aromatic heterocycles. The Balaban J connectivity index is 1.77. The first-order valence-electron chi connectivity index (χ1n) is 8.69. The summed E-state index contributed by atoms with van der Waals surface area (Å²) in [7, 11) is 4.90. The lowest BCUT2D eigenvalue weighted by atomic mass is 10.1. The van der Waals surface area contributed by atoms with Crippen LogP contribution in [-0.4, -0.2) is 53.4 Å². The van der Waals surface area contributed by atoms with E-state index in [1.165, 1.54) is 0 Å². The fraction of sp³-hybridized carbons (Fsp3) is 0.421. The molecule has 2 heterocycles. The van der Waals surface area contributed by atoms with Gasteiger partial charge in [-0.1, -0.05) is 12.6 Å². The second-order valence-corrected chi connectivity index (χ2v) is 6.34.